The van der Waals surface area contributed by atoms with E-state index in [1.165, 1.54) is 31.1 Å². The van der Waals surface area contributed by atoms with Crippen LogP contribution in [0.3, 0.4) is 0 Å². The Balaban J connectivity index is 0.000000197. The minimum atomic E-state index is -2.65. The van der Waals surface area contributed by atoms with Crippen molar-refractivity contribution in [2.45, 2.75) is 105 Å². The first-order valence-electron chi connectivity index (χ1n) is 26.3. The molecule has 4 atom stereocenters. The van der Waals surface area contributed by atoms with Crippen molar-refractivity contribution in [1.82, 2.24) is 0 Å². The summed E-state index contributed by atoms with van der Waals surface area (Å²) in [7, 11) is -5.23. The molecule has 0 aliphatic carbocycles. The molecule has 2 heterocycles. The lowest BCUT2D eigenvalue weighted by Crippen LogP contribution is -2.61. The average Bonchev–Trinajstić information content (AvgIpc) is 4.02. The maximum atomic E-state index is 11.6. The highest BCUT2D eigenvalue weighted by molar-refractivity contribution is 7.04. The molecule has 2 saturated heterocycles. The van der Waals surface area contributed by atoms with E-state index in [4.69, 9.17) is 8.85 Å². The number of allylic oxidation sites excluding steroid dienone is 2. The molecule has 396 valence electrons. The minimum Gasteiger partial charge on any atom is -0.399 e. The number of rotatable bonds is 14. The van der Waals surface area contributed by atoms with E-state index in [9.17, 15) is 19.8 Å². The van der Waals surface area contributed by atoms with Gasteiger partial charge >= 0.3 is 0 Å². The number of hydrogen-bond acceptors (Lipinski definition) is 6. The van der Waals surface area contributed by atoms with Gasteiger partial charge in [-0.3, -0.25) is 9.59 Å². The summed E-state index contributed by atoms with van der Waals surface area (Å²) in [6, 6.07) is 61.7. The zero-order valence-corrected chi connectivity index (χ0v) is 48.4. The predicted octanol–water partition coefficient (Wildman–Crippen LogP) is 12.5. The third-order valence-electron chi connectivity index (χ3n) is 14.0. The third kappa shape index (κ3) is 15.3. The molecule has 0 bridgehead atoms. The molecule has 0 saturated carbocycles. The van der Waals surface area contributed by atoms with Crippen LogP contribution in [0.1, 0.15) is 93.2 Å². The minimum absolute atomic E-state index is 0.000501. The van der Waals surface area contributed by atoms with Gasteiger partial charge in [-0.2, -0.15) is 0 Å². The second-order valence-corrected chi connectivity index (χ2v) is 27.8. The van der Waals surface area contributed by atoms with Gasteiger partial charge in [0.1, 0.15) is 12.6 Å². The van der Waals surface area contributed by atoms with E-state index in [1.807, 2.05) is 131 Å². The van der Waals surface area contributed by atoms with Crippen molar-refractivity contribution >= 4 is 62.1 Å². The number of benzene rings is 6. The summed E-state index contributed by atoms with van der Waals surface area (Å²) < 4.78 is 13.7. The molecule has 6 nitrogen and oxygen atoms in total. The quantitative estimate of drug-likeness (QED) is 0.0489. The molecule has 6 aromatic rings. The Labute approximate surface area is 456 Å². The van der Waals surface area contributed by atoms with Crippen molar-refractivity contribution in [2.75, 3.05) is 0 Å². The van der Waals surface area contributed by atoms with Crippen LogP contribution in [0.5, 0.6) is 0 Å². The highest BCUT2D eigenvalue weighted by Gasteiger charge is 2.55. The van der Waals surface area contributed by atoms with Gasteiger partial charge in [0, 0.05) is 11.8 Å². The molecule has 2 aliphatic rings. The molecule has 76 heavy (non-hydrogen) atoms. The number of hydrogen-bond donors (Lipinski definition) is 2. The van der Waals surface area contributed by atoms with Gasteiger partial charge in [0.15, 0.2) is 0 Å². The average molecular weight is 1050 g/mol. The van der Waals surface area contributed by atoms with Gasteiger partial charge in [0.25, 0.3) is 16.6 Å². The van der Waals surface area contributed by atoms with Gasteiger partial charge in [0.2, 0.25) is 0 Å². The van der Waals surface area contributed by atoms with Crippen molar-refractivity contribution in [3.63, 3.8) is 0 Å². The Morgan fingerprint density at radius 1 is 0.487 bits per heavy atom. The Bertz CT molecular complexity index is 2850. The maximum Gasteiger partial charge on any atom is 0.285 e. The number of aliphatic hydroxyl groups is 2. The Kier molecular flexibility index (Phi) is 22.2. The van der Waals surface area contributed by atoms with Gasteiger partial charge in [-0.25, -0.2) is 0 Å². The van der Waals surface area contributed by atoms with Crippen LogP contribution in [0.25, 0.3) is 12.2 Å². The Morgan fingerprint density at radius 3 is 1.14 bits per heavy atom. The highest BCUT2D eigenvalue weighted by Crippen LogP contribution is 2.42. The second-order valence-electron chi connectivity index (χ2n) is 21.1. The van der Waals surface area contributed by atoms with Crippen LogP contribution >= 0.6 is 0 Å². The number of carbonyl (C=O) groups is 2. The van der Waals surface area contributed by atoms with E-state index < -0.39 is 28.8 Å². The zero-order chi connectivity index (χ0) is 55.5. The summed E-state index contributed by atoms with van der Waals surface area (Å²) in [6.45, 7) is 27.8. The van der Waals surface area contributed by atoms with Gasteiger partial charge in [-0.05, 0) is 139 Å². The zero-order valence-electron chi connectivity index (χ0n) is 46.4. The van der Waals surface area contributed by atoms with Crippen LogP contribution in [0, 0.1) is 11.8 Å². The molecular weight excluding hydrogens is 969 g/mol. The van der Waals surface area contributed by atoms with Gasteiger partial charge < -0.3 is 19.1 Å². The van der Waals surface area contributed by atoms with Crippen molar-refractivity contribution in [1.29, 1.82) is 0 Å². The smallest absolute Gasteiger partial charge is 0.285 e. The Hall–Kier alpha value is -6.63. The van der Waals surface area contributed by atoms with Crippen LogP contribution in [0.2, 0.25) is 0 Å². The van der Waals surface area contributed by atoms with Crippen LogP contribution in [0.4, 0.5) is 0 Å². The molecule has 0 aromatic heterocycles. The van der Waals surface area contributed by atoms with E-state index >= 15 is 0 Å². The predicted molar refractivity (Wildman–Crippen MR) is 324 cm³/mol. The molecule has 6 aromatic carbocycles. The first kappa shape index (κ1) is 60.2. The van der Waals surface area contributed by atoms with Crippen molar-refractivity contribution in [3.8, 4) is 0 Å². The van der Waals surface area contributed by atoms with E-state index in [1.54, 1.807) is 13.0 Å². The van der Waals surface area contributed by atoms with Gasteiger partial charge in [0.05, 0.1) is 23.4 Å². The molecule has 8 rings (SSSR count). The topological polar surface area (TPSA) is 93.1 Å². The molecule has 2 fully saturated rings. The van der Waals surface area contributed by atoms with Crippen molar-refractivity contribution in [2.24, 2.45) is 11.8 Å². The molecule has 8 heteroatoms. The summed E-state index contributed by atoms with van der Waals surface area (Å²) in [5.74, 6) is 0.0874. The monoisotopic (exact) mass is 1050 g/mol. The third-order valence-corrected chi connectivity index (χ3v) is 23.1. The molecule has 0 amide bonds. The Morgan fingerprint density at radius 2 is 0.803 bits per heavy atom. The van der Waals surface area contributed by atoms with Crippen molar-refractivity contribution < 1.29 is 28.7 Å². The van der Waals surface area contributed by atoms with Crippen molar-refractivity contribution in [3.05, 3.63) is 251 Å². The SMILES string of the molecule is C/C(C=O)=C1\CC(C)(C)O[Si]1(c1ccccc1)c1ccccc1.C/C(C=O)=C\c1ccccc1.C=C[C@H](C)[C@@H](O)/C(C)=C/c1ccccc1.C=C[C@H](C)[C@H](O)/C(C)=C1/CC(C)(C)O[Si]1(c1ccccc1)c1ccccc1. The molecule has 0 radical (unpaired) electrons. The number of aldehydes is 2. The van der Waals surface area contributed by atoms with E-state index in [2.05, 4.69) is 145 Å². The fourth-order valence-electron chi connectivity index (χ4n) is 9.98. The summed E-state index contributed by atoms with van der Waals surface area (Å²) in [5, 5.41) is 28.2. The summed E-state index contributed by atoms with van der Waals surface area (Å²) in [4.78, 5) is 21.8. The normalized spacial score (nSPS) is 18.9. The van der Waals surface area contributed by atoms with Crippen LogP contribution in [-0.2, 0) is 18.4 Å². The van der Waals surface area contributed by atoms with Crippen LogP contribution in [0.15, 0.2) is 240 Å². The molecular formula is C68H80O6Si2. The summed E-state index contributed by atoms with van der Waals surface area (Å²) in [6.07, 6.45) is 9.93. The maximum absolute atomic E-state index is 11.6. The van der Waals surface area contributed by atoms with Crippen LogP contribution in [-0.4, -0.2) is 62.8 Å². The van der Waals surface area contributed by atoms with E-state index in [0.29, 0.717) is 0 Å². The standard InChI is InChI=1S/C24H30O2Si.C20H22O2Si.C14H18O.C10H10O/c1-6-18(2)23(25)19(3)22-17-24(4,5)26-27(22,20-13-9-7-10-14-20)21-15-11-8-12-16-21;1-16(15-21)19-14-20(2,3)22-23(19,17-10-6-4-7-11-17)18-12-8-5-9-13-18;1-4-11(2)14(15)12(3)10-13-8-6-5-7-9-13;1-9(8-11)7-10-5-3-2-4-6-10/h6-16,18,23,25H,1,17H2,2-5H3;4-13,15H,14H2,1-3H3;4-11,14-15H,1H2,2-3H3;2-8H,1H3/b22-19-;19-16-;12-10+;9-7+/t18-,23-;;11-,14+;/m0.0./s1. The highest BCUT2D eigenvalue weighted by atomic mass is 28.4. The van der Waals surface area contributed by atoms with Gasteiger partial charge in [-0.15, -0.1) is 13.2 Å². The summed E-state index contributed by atoms with van der Waals surface area (Å²) in [5.41, 5.74) is 5.21. The van der Waals surface area contributed by atoms with E-state index in [0.717, 1.165) is 58.8 Å². The van der Waals surface area contributed by atoms with Gasteiger partial charge in [-0.1, -0.05) is 214 Å². The molecule has 0 spiro atoms. The molecule has 0 unspecified atom stereocenters. The summed E-state index contributed by atoms with van der Waals surface area (Å²) >= 11 is 0. The first-order chi connectivity index (χ1) is 36.3. The molecule has 2 N–H and O–H groups in total. The first-order valence-corrected chi connectivity index (χ1v) is 30.1. The fourth-order valence-corrected chi connectivity index (χ4v) is 19.9. The lowest BCUT2D eigenvalue weighted by Gasteiger charge is -2.33. The molecule has 2 aliphatic heterocycles. The van der Waals surface area contributed by atoms with Crippen LogP contribution < -0.4 is 20.7 Å². The van der Waals surface area contributed by atoms with E-state index in [-0.39, 0.29) is 23.0 Å². The number of aliphatic hydroxyl groups excluding tert-OH is 2. The lowest BCUT2D eigenvalue weighted by atomic mass is 9.95. The largest absolute Gasteiger partial charge is 0.399 e. The number of carbonyl (C=O) groups excluding carboxylic acids is 2. The lowest BCUT2D eigenvalue weighted by molar-refractivity contribution is -0.105. The fraction of sp³-hybridized carbons (Fsp3) is 0.265. The second kappa shape index (κ2) is 28.0.